The van der Waals surface area contributed by atoms with E-state index in [1.807, 2.05) is 12.1 Å². The number of carbonyl (C=O) groups excluding carboxylic acids is 1. The fraction of sp³-hybridized carbons (Fsp3) is 0.500. The zero-order valence-corrected chi connectivity index (χ0v) is 15.3. The van der Waals surface area contributed by atoms with Crippen LogP contribution in [-0.2, 0) is 22.4 Å². The molecule has 144 valence electrons. The van der Waals surface area contributed by atoms with Crippen LogP contribution in [0.2, 0.25) is 0 Å². The molecule has 1 aliphatic carbocycles. The number of nitrogens with one attached hydrogen (secondary N) is 2. The minimum absolute atomic E-state index is 0.0564. The summed E-state index contributed by atoms with van der Waals surface area (Å²) in [6.45, 7) is 4.99. The number of quaternary nitrogens is 1. The Labute approximate surface area is 157 Å². The van der Waals surface area contributed by atoms with Crippen molar-refractivity contribution in [2.75, 3.05) is 46.0 Å². The first-order valence-electron chi connectivity index (χ1n) is 9.60. The quantitative estimate of drug-likeness (QED) is 0.679. The van der Waals surface area contributed by atoms with Crippen LogP contribution < -0.4 is 20.6 Å². The van der Waals surface area contributed by atoms with E-state index in [1.54, 1.807) is 6.07 Å². The van der Waals surface area contributed by atoms with Crippen LogP contribution in [-0.4, -0.2) is 51.9 Å². The molecular formula is C20H25N2O5+. The second kappa shape index (κ2) is 8.10. The summed E-state index contributed by atoms with van der Waals surface area (Å²) in [6, 6.07) is 5.43. The van der Waals surface area contributed by atoms with Gasteiger partial charge < -0.3 is 24.1 Å². The maximum absolute atomic E-state index is 12.1. The van der Waals surface area contributed by atoms with Crippen LogP contribution in [0.5, 0.6) is 5.75 Å². The van der Waals surface area contributed by atoms with Gasteiger partial charge in [0.15, 0.2) is 6.61 Å². The molecule has 0 radical (unpaired) electrons. The summed E-state index contributed by atoms with van der Waals surface area (Å²) in [4.78, 5) is 25.5. The molecule has 2 aromatic rings. The third-order valence-corrected chi connectivity index (χ3v) is 5.32. The van der Waals surface area contributed by atoms with E-state index in [9.17, 15) is 9.59 Å². The smallest absolute Gasteiger partial charge is 0.339 e. The van der Waals surface area contributed by atoms with Crippen LogP contribution in [0.1, 0.15) is 17.5 Å². The predicted octanol–water partition coefficient (Wildman–Crippen LogP) is -0.308. The van der Waals surface area contributed by atoms with E-state index in [-0.39, 0.29) is 18.1 Å². The summed E-state index contributed by atoms with van der Waals surface area (Å²) in [5.74, 6) is 0.371. The molecular weight excluding hydrogens is 348 g/mol. The third kappa shape index (κ3) is 4.14. The molecule has 7 heteroatoms. The highest BCUT2D eigenvalue weighted by atomic mass is 16.5. The lowest BCUT2D eigenvalue weighted by Crippen LogP contribution is -3.14. The van der Waals surface area contributed by atoms with Crippen molar-refractivity contribution in [2.24, 2.45) is 0 Å². The monoisotopic (exact) mass is 373 g/mol. The molecule has 0 saturated carbocycles. The highest BCUT2D eigenvalue weighted by Crippen LogP contribution is 2.29. The van der Waals surface area contributed by atoms with Crippen LogP contribution in [0.3, 0.4) is 0 Å². The summed E-state index contributed by atoms with van der Waals surface area (Å²) < 4.78 is 16.3. The van der Waals surface area contributed by atoms with Gasteiger partial charge in [0.1, 0.15) is 24.4 Å². The molecule has 2 aliphatic rings. The van der Waals surface area contributed by atoms with Crippen LogP contribution in [0.4, 0.5) is 0 Å². The maximum atomic E-state index is 12.1. The summed E-state index contributed by atoms with van der Waals surface area (Å²) in [6.07, 6.45) is 2.69. The number of hydrogen-bond donors (Lipinski definition) is 2. The van der Waals surface area contributed by atoms with Crippen LogP contribution >= 0.6 is 0 Å². The molecule has 0 bridgehead atoms. The minimum Gasteiger partial charge on any atom is -0.484 e. The van der Waals surface area contributed by atoms with Crippen molar-refractivity contribution in [3.05, 3.63) is 39.7 Å². The number of benzene rings is 1. The highest BCUT2D eigenvalue weighted by Gasteiger charge is 2.20. The molecule has 0 atom stereocenters. The summed E-state index contributed by atoms with van der Waals surface area (Å²) >= 11 is 0. The molecule has 0 unspecified atom stereocenters. The van der Waals surface area contributed by atoms with E-state index in [0.717, 1.165) is 68.6 Å². The first-order valence-corrected chi connectivity index (χ1v) is 9.60. The number of morpholine rings is 1. The molecule has 1 aliphatic heterocycles. The lowest BCUT2D eigenvalue weighted by Gasteiger charge is -2.23. The normalized spacial score (nSPS) is 17.0. The molecule has 27 heavy (non-hydrogen) atoms. The lowest BCUT2D eigenvalue weighted by molar-refractivity contribution is -0.906. The number of fused-ring (bicyclic) bond motifs is 3. The van der Waals surface area contributed by atoms with E-state index >= 15 is 0 Å². The Morgan fingerprint density at radius 1 is 1.19 bits per heavy atom. The number of rotatable bonds is 6. The van der Waals surface area contributed by atoms with Gasteiger partial charge in [0, 0.05) is 17.0 Å². The van der Waals surface area contributed by atoms with Crippen molar-refractivity contribution >= 4 is 16.9 Å². The summed E-state index contributed by atoms with van der Waals surface area (Å²) in [7, 11) is 0. The Bertz CT molecular complexity index is 886. The van der Waals surface area contributed by atoms with Crippen molar-refractivity contribution in [1.82, 2.24) is 5.32 Å². The molecule has 1 saturated heterocycles. The van der Waals surface area contributed by atoms with Gasteiger partial charge in [-0.25, -0.2) is 4.79 Å². The zero-order valence-electron chi connectivity index (χ0n) is 15.3. The maximum Gasteiger partial charge on any atom is 0.339 e. The van der Waals surface area contributed by atoms with Gasteiger partial charge >= 0.3 is 5.63 Å². The summed E-state index contributed by atoms with van der Waals surface area (Å²) in [5, 5.41) is 3.85. The zero-order chi connectivity index (χ0) is 18.6. The largest absolute Gasteiger partial charge is 0.484 e. The van der Waals surface area contributed by atoms with E-state index in [2.05, 4.69) is 5.32 Å². The van der Waals surface area contributed by atoms with Gasteiger partial charge in [-0.1, -0.05) is 0 Å². The van der Waals surface area contributed by atoms with Crippen molar-refractivity contribution in [3.8, 4) is 5.75 Å². The Morgan fingerprint density at radius 3 is 2.85 bits per heavy atom. The standard InChI is InChI=1S/C20H24N2O5/c23-19(21-6-7-22-8-10-25-11-9-22)13-26-14-4-5-16-15-2-1-3-17(15)20(24)27-18(16)12-14/h4-5,12H,1-3,6-11,13H2,(H,21,23)/p+1. The second-order valence-electron chi connectivity index (χ2n) is 7.11. The Morgan fingerprint density at radius 2 is 2.00 bits per heavy atom. The van der Waals surface area contributed by atoms with Gasteiger partial charge in [-0.2, -0.15) is 0 Å². The fourth-order valence-corrected chi connectivity index (χ4v) is 3.84. The van der Waals surface area contributed by atoms with E-state index < -0.39 is 0 Å². The molecule has 0 spiro atoms. The van der Waals surface area contributed by atoms with Gasteiger partial charge in [-0.3, -0.25) is 4.79 Å². The van der Waals surface area contributed by atoms with Gasteiger partial charge in [0.25, 0.3) is 5.91 Å². The van der Waals surface area contributed by atoms with E-state index in [0.29, 0.717) is 17.9 Å². The fourth-order valence-electron chi connectivity index (χ4n) is 3.84. The second-order valence-corrected chi connectivity index (χ2v) is 7.11. The first-order chi connectivity index (χ1) is 13.2. The number of carbonyl (C=O) groups is 1. The molecule has 1 aromatic carbocycles. The number of aryl methyl sites for hydroxylation is 1. The number of amides is 1. The Kier molecular flexibility index (Phi) is 5.40. The average Bonchev–Trinajstić information content (AvgIpc) is 3.18. The van der Waals surface area contributed by atoms with Gasteiger partial charge in [-0.15, -0.1) is 0 Å². The van der Waals surface area contributed by atoms with Crippen molar-refractivity contribution in [3.63, 3.8) is 0 Å². The van der Waals surface area contributed by atoms with Crippen LogP contribution in [0, 0.1) is 0 Å². The van der Waals surface area contributed by atoms with E-state index in [4.69, 9.17) is 13.9 Å². The topological polar surface area (TPSA) is 82.2 Å². The average molecular weight is 373 g/mol. The Hall–Kier alpha value is -2.38. The first kappa shape index (κ1) is 18.0. The van der Waals surface area contributed by atoms with Crippen molar-refractivity contribution in [1.29, 1.82) is 0 Å². The minimum atomic E-state index is -0.254. The SMILES string of the molecule is O=C(COc1ccc2c3c(c(=O)oc2c1)CCC3)NCC[NH+]1CCOCC1. The lowest BCUT2D eigenvalue weighted by atomic mass is 10.1. The Balaban J connectivity index is 1.31. The molecule has 4 rings (SSSR count). The van der Waals surface area contributed by atoms with Crippen molar-refractivity contribution in [2.45, 2.75) is 19.3 Å². The number of ether oxygens (including phenoxy) is 2. The van der Waals surface area contributed by atoms with Gasteiger partial charge in [-0.05, 0) is 37.0 Å². The van der Waals surface area contributed by atoms with Crippen LogP contribution in [0.15, 0.2) is 27.4 Å². The predicted molar refractivity (Wildman–Crippen MR) is 99.4 cm³/mol. The number of hydrogen-bond acceptors (Lipinski definition) is 5. The van der Waals surface area contributed by atoms with E-state index in [1.165, 1.54) is 4.90 Å². The van der Waals surface area contributed by atoms with Gasteiger partial charge in [0.05, 0.1) is 26.3 Å². The van der Waals surface area contributed by atoms with Gasteiger partial charge in [0.2, 0.25) is 0 Å². The van der Waals surface area contributed by atoms with Crippen molar-refractivity contribution < 1.29 is 23.6 Å². The molecule has 1 aromatic heterocycles. The molecule has 1 fully saturated rings. The highest BCUT2D eigenvalue weighted by molar-refractivity contribution is 5.83. The summed E-state index contributed by atoms with van der Waals surface area (Å²) in [5.41, 5.74) is 2.17. The molecule has 1 amide bonds. The molecule has 2 N–H and O–H groups in total. The third-order valence-electron chi connectivity index (χ3n) is 5.32. The molecule has 2 heterocycles. The van der Waals surface area contributed by atoms with Crippen LogP contribution in [0.25, 0.3) is 11.0 Å². The molecule has 7 nitrogen and oxygen atoms in total.